The lowest BCUT2D eigenvalue weighted by Gasteiger charge is -2.29. The second-order valence-corrected chi connectivity index (χ2v) is 8.18. The first-order valence-electron chi connectivity index (χ1n) is 9.90. The van der Waals surface area contributed by atoms with E-state index in [1.54, 1.807) is 0 Å². The Balaban J connectivity index is 1.68. The maximum absolute atomic E-state index is 12.5. The van der Waals surface area contributed by atoms with Crippen molar-refractivity contribution in [2.24, 2.45) is 0 Å². The second kappa shape index (κ2) is 10.2. The molecule has 1 aliphatic rings. The van der Waals surface area contributed by atoms with Gasteiger partial charge in [-0.1, -0.05) is 11.6 Å². The quantitative estimate of drug-likeness (QED) is 0.311. The lowest BCUT2D eigenvalue weighted by Crippen LogP contribution is -2.44. The van der Waals surface area contributed by atoms with Gasteiger partial charge < -0.3 is 20.1 Å². The van der Waals surface area contributed by atoms with E-state index in [4.69, 9.17) is 33.0 Å². The Bertz CT molecular complexity index is 1080. The van der Waals surface area contributed by atoms with E-state index in [0.717, 1.165) is 4.90 Å². The Hall–Kier alpha value is -3.19. The molecule has 13 nitrogen and oxygen atoms in total. The number of nitro groups is 1. The topological polar surface area (TPSA) is 166 Å². The number of carboxylic acid groups (broad SMARTS) is 1. The number of anilines is 1. The number of carbonyl (C=O) groups is 2. The van der Waals surface area contributed by atoms with Crippen LogP contribution in [0.25, 0.3) is 0 Å². The van der Waals surface area contributed by atoms with Gasteiger partial charge in [0.05, 0.1) is 24.3 Å². The van der Waals surface area contributed by atoms with Gasteiger partial charge in [0.1, 0.15) is 22.6 Å². The molecule has 1 fully saturated rings. The normalized spacial score (nSPS) is 17.0. The average molecular weight is 502 g/mol. The van der Waals surface area contributed by atoms with E-state index in [9.17, 15) is 19.7 Å². The van der Waals surface area contributed by atoms with Crippen molar-refractivity contribution >= 4 is 46.6 Å². The molecule has 2 atom stereocenters. The summed E-state index contributed by atoms with van der Waals surface area (Å²) in [5, 5.41) is 28.2. The molecule has 0 spiro atoms. The Labute approximate surface area is 197 Å². The molecule has 1 amide bonds. The fourth-order valence-corrected chi connectivity index (χ4v) is 3.69. The lowest BCUT2D eigenvalue weighted by atomic mass is 10.0. The molecule has 178 valence electrons. The first kappa shape index (κ1) is 24.5. The summed E-state index contributed by atoms with van der Waals surface area (Å²) in [6.45, 7) is 3.20. The Morgan fingerprint density at radius 3 is 2.85 bits per heavy atom. The minimum atomic E-state index is -1.19. The van der Waals surface area contributed by atoms with Crippen molar-refractivity contribution in [1.29, 1.82) is 0 Å². The average Bonchev–Trinajstić information content (AvgIpc) is 3.06. The summed E-state index contributed by atoms with van der Waals surface area (Å²) < 4.78 is 6.84. The number of amides is 1. The van der Waals surface area contributed by atoms with E-state index in [1.807, 2.05) is 6.92 Å². The monoisotopic (exact) mass is 501 g/mol. The van der Waals surface area contributed by atoms with Gasteiger partial charge in [-0.25, -0.2) is 14.5 Å². The molecule has 3 rings (SSSR count). The molecule has 2 aromatic heterocycles. The third kappa shape index (κ3) is 5.60. The number of Topliss-reactive ketones (excluding diaryl/α,β-unsaturated/α-hetero) is 1. The highest BCUT2D eigenvalue weighted by Crippen LogP contribution is 2.33. The third-order valence-electron chi connectivity index (χ3n) is 5.11. The van der Waals surface area contributed by atoms with Gasteiger partial charge in [-0.05, 0) is 31.9 Å². The highest BCUT2D eigenvalue weighted by atomic mass is 35.5. The first-order chi connectivity index (χ1) is 15.6. The van der Waals surface area contributed by atoms with Crippen LogP contribution in [0.15, 0.2) is 6.20 Å². The van der Waals surface area contributed by atoms with Gasteiger partial charge >= 0.3 is 17.7 Å². The Morgan fingerprint density at radius 1 is 1.48 bits per heavy atom. The molecule has 0 aliphatic carbocycles. The molecule has 1 saturated heterocycles. The van der Waals surface area contributed by atoms with Gasteiger partial charge in [0.2, 0.25) is 5.28 Å². The lowest BCUT2D eigenvalue weighted by molar-refractivity contribution is -0.386. The summed E-state index contributed by atoms with van der Waals surface area (Å²) in [6.07, 6.45) is 0.746. The van der Waals surface area contributed by atoms with Crippen LogP contribution in [0.1, 0.15) is 31.5 Å². The molecule has 0 bridgehead atoms. The minimum absolute atomic E-state index is 0.0331. The zero-order chi connectivity index (χ0) is 24.3. The van der Waals surface area contributed by atoms with Crippen molar-refractivity contribution in [3.8, 4) is 5.88 Å². The zero-order valence-corrected chi connectivity index (χ0v) is 19.2. The number of nitrogens with one attached hydrogen (secondary N) is 1. The van der Waals surface area contributed by atoms with Crippen LogP contribution < -0.4 is 10.1 Å². The van der Waals surface area contributed by atoms with Crippen LogP contribution in [0.2, 0.25) is 10.3 Å². The van der Waals surface area contributed by atoms with Crippen molar-refractivity contribution in [3.05, 3.63) is 32.3 Å². The van der Waals surface area contributed by atoms with Gasteiger partial charge in [-0.3, -0.25) is 14.9 Å². The van der Waals surface area contributed by atoms with Gasteiger partial charge in [0, 0.05) is 19.0 Å². The van der Waals surface area contributed by atoms with E-state index in [-0.39, 0.29) is 59.7 Å². The number of carbonyl (C=O) groups excluding carboxylic acids is 1. The predicted octanol–water partition coefficient (Wildman–Crippen LogP) is 2.96. The van der Waals surface area contributed by atoms with E-state index in [2.05, 4.69) is 20.4 Å². The van der Waals surface area contributed by atoms with Gasteiger partial charge in [0.15, 0.2) is 5.78 Å². The van der Waals surface area contributed by atoms with Crippen molar-refractivity contribution in [3.63, 3.8) is 0 Å². The van der Waals surface area contributed by atoms with Gasteiger partial charge in [-0.15, -0.1) is 5.10 Å². The first-order valence-corrected chi connectivity index (χ1v) is 10.7. The molecule has 2 unspecified atom stereocenters. The van der Waals surface area contributed by atoms with Crippen LogP contribution in [-0.2, 0) is 4.79 Å². The summed E-state index contributed by atoms with van der Waals surface area (Å²) >= 11 is 11.8. The molecular formula is C18H21Cl2N7O6. The highest BCUT2D eigenvalue weighted by molar-refractivity contribution is 6.33. The van der Waals surface area contributed by atoms with Crippen molar-refractivity contribution < 1.29 is 24.4 Å². The van der Waals surface area contributed by atoms with Crippen molar-refractivity contribution in [2.75, 3.05) is 25.0 Å². The smallest absolute Gasteiger partial charge is 0.407 e. The van der Waals surface area contributed by atoms with E-state index < -0.39 is 22.8 Å². The number of likely N-dealkylation sites (tertiary alicyclic amines) is 1. The van der Waals surface area contributed by atoms with Crippen LogP contribution in [-0.4, -0.2) is 72.3 Å². The number of halogens is 2. The molecule has 2 N–H and O–H groups in total. The molecule has 0 saturated carbocycles. The molecule has 0 aromatic carbocycles. The van der Waals surface area contributed by atoms with E-state index >= 15 is 0 Å². The minimum Gasteiger partial charge on any atom is -0.472 e. The standard InChI is InChI=1S/C18H21Cl2N7O6/c1-9(22-15-11(19)7-21-17(20)23-15)4-6-33-16-14(27(31)32)10(2)26(24-16)12-3-5-25(18(29)30)8-13(12)28/h7,9,12H,3-6,8H2,1-2H3,(H,29,30)(H,21,22,23). The zero-order valence-electron chi connectivity index (χ0n) is 17.7. The number of ketones is 1. The number of nitrogens with zero attached hydrogens (tertiary/aromatic N) is 6. The summed E-state index contributed by atoms with van der Waals surface area (Å²) in [6, 6.07) is -0.987. The molecule has 3 heterocycles. The maximum Gasteiger partial charge on any atom is 0.407 e. The Kier molecular flexibility index (Phi) is 7.53. The molecule has 33 heavy (non-hydrogen) atoms. The number of aromatic nitrogens is 4. The maximum atomic E-state index is 12.5. The molecule has 1 aliphatic heterocycles. The SMILES string of the molecule is Cc1c([N+](=O)[O-])c(OCCC(C)Nc2nc(Cl)ncc2Cl)nn1C1CCN(C(=O)O)CC1=O. The Morgan fingerprint density at radius 2 is 2.21 bits per heavy atom. The fraction of sp³-hybridized carbons (Fsp3) is 0.500. The number of hydrogen-bond acceptors (Lipinski definition) is 9. The van der Waals surface area contributed by atoms with Crippen LogP contribution in [0, 0.1) is 17.0 Å². The van der Waals surface area contributed by atoms with Crippen LogP contribution in [0.4, 0.5) is 16.3 Å². The number of piperidine rings is 1. The van der Waals surface area contributed by atoms with E-state index in [1.165, 1.54) is 17.8 Å². The third-order valence-corrected chi connectivity index (χ3v) is 5.57. The van der Waals surface area contributed by atoms with Crippen molar-refractivity contribution in [1.82, 2.24) is 24.6 Å². The van der Waals surface area contributed by atoms with Gasteiger partial charge in [0.25, 0.3) is 0 Å². The number of hydrogen-bond donors (Lipinski definition) is 2. The van der Waals surface area contributed by atoms with E-state index in [0.29, 0.717) is 12.2 Å². The van der Waals surface area contributed by atoms with Crippen LogP contribution in [0.3, 0.4) is 0 Å². The molecule has 2 aromatic rings. The summed E-state index contributed by atoms with van der Waals surface area (Å²) in [7, 11) is 0. The molecule has 0 radical (unpaired) electrons. The van der Waals surface area contributed by atoms with Crippen LogP contribution in [0.5, 0.6) is 5.88 Å². The summed E-state index contributed by atoms with van der Waals surface area (Å²) in [4.78, 5) is 43.3. The molecule has 15 heteroatoms. The number of ether oxygens (including phenoxy) is 1. The number of rotatable bonds is 8. The molecular weight excluding hydrogens is 481 g/mol. The predicted molar refractivity (Wildman–Crippen MR) is 117 cm³/mol. The van der Waals surface area contributed by atoms with Crippen molar-refractivity contribution in [2.45, 2.75) is 38.8 Å². The van der Waals surface area contributed by atoms with Gasteiger partial charge in [-0.2, -0.15) is 4.98 Å². The summed E-state index contributed by atoms with van der Waals surface area (Å²) in [5.74, 6) is -0.253. The largest absolute Gasteiger partial charge is 0.472 e. The summed E-state index contributed by atoms with van der Waals surface area (Å²) in [5.41, 5.74) is -0.180. The highest BCUT2D eigenvalue weighted by Gasteiger charge is 2.36. The second-order valence-electron chi connectivity index (χ2n) is 7.43. The van der Waals surface area contributed by atoms with Crippen LogP contribution >= 0.6 is 23.2 Å². The fourth-order valence-electron chi connectivity index (χ4n) is 3.41.